The van der Waals surface area contributed by atoms with Gasteiger partial charge < -0.3 is 4.74 Å². The molecule has 0 N–H and O–H groups in total. The van der Waals surface area contributed by atoms with E-state index >= 15 is 0 Å². The second-order valence-corrected chi connectivity index (χ2v) is 8.18. The van der Waals surface area contributed by atoms with Crippen LogP contribution in [0, 0.1) is 5.92 Å². The first kappa shape index (κ1) is 17.8. The van der Waals surface area contributed by atoms with Gasteiger partial charge >= 0.3 is 0 Å². The molecule has 0 atom stereocenters. The van der Waals surface area contributed by atoms with E-state index in [1.165, 1.54) is 11.4 Å². The van der Waals surface area contributed by atoms with Gasteiger partial charge in [0, 0.05) is 25.2 Å². The highest BCUT2D eigenvalue weighted by Gasteiger charge is 2.31. The van der Waals surface area contributed by atoms with Crippen LogP contribution in [0.25, 0.3) is 11.4 Å². The van der Waals surface area contributed by atoms with E-state index in [2.05, 4.69) is 22.4 Å². The number of piperidine rings is 1. The Hall–Kier alpha value is -2.00. The van der Waals surface area contributed by atoms with E-state index in [0.29, 0.717) is 42.7 Å². The van der Waals surface area contributed by atoms with Gasteiger partial charge in [-0.25, -0.2) is 13.1 Å². The molecule has 1 aromatic carbocycles. The van der Waals surface area contributed by atoms with E-state index in [-0.39, 0.29) is 4.90 Å². The first-order valence-electron chi connectivity index (χ1n) is 8.42. The van der Waals surface area contributed by atoms with Crippen molar-refractivity contribution in [2.45, 2.75) is 38.1 Å². The highest BCUT2D eigenvalue weighted by molar-refractivity contribution is 7.89. The molecular weight excluding hydrogens is 342 g/mol. The van der Waals surface area contributed by atoms with Crippen LogP contribution in [0.5, 0.6) is 5.75 Å². The number of aryl methyl sites for hydroxylation is 1. The van der Waals surface area contributed by atoms with Crippen molar-refractivity contribution in [1.29, 1.82) is 0 Å². The van der Waals surface area contributed by atoms with Crippen LogP contribution >= 0.6 is 0 Å². The molecule has 3 rings (SSSR count). The fourth-order valence-corrected chi connectivity index (χ4v) is 4.66. The lowest BCUT2D eigenvalue weighted by Gasteiger charge is -2.29. The number of sulfonamides is 1. The molecule has 0 unspecified atom stereocenters. The van der Waals surface area contributed by atoms with Gasteiger partial charge in [0.25, 0.3) is 0 Å². The number of tetrazole rings is 1. The second-order valence-electron chi connectivity index (χ2n) is 6.27. The Morgan fingerprint density at radius 3 is 2.64 bits per heavy atom. The molecule has 8 nitrogen and oxygen atoms in total. The van der Waals surface area contributed by atoms with Gasteiger partial charge in [-0.2, -0.15) is 4.31 Å². The summed E-state index contributed by atoms with van der Waals surface area (Å²) in [5.41, 5.74) is 0.650. The molecule has 2 heterocycles. The predicted octanol–water partition coefficient (Wildman–Crippen LogP) is 1.79. The molecule has 0 radical (unpaired) electrons. The Bertz CT molecular complexity index is 841. The van der Waals surface area contributed by atoms with Gasteiger partial charge in [-0.05, 0) is 54.3 Å². The van der Waals surface area contributed by atoms with Crippen molar-refractivity contribution in [2.24, 2.45) is 5.92 Å². The molecule has 136 valence electrons. The number of methoxy groups -OCH3 is 1. The quantitative estimate of drug-likeness (QED) is 0.802. The summed E-state index contributed by atoms with van der Waals surface area (Å²) in [6, 6.07) is 5.03. The summed E-state index contributed by atoms with van der Waals surface area (Å²) in [4.78, 5) is 0.160. The summed E-state index contributed by atoms with van der Waals surface area (Å²) in [6.45, 7) is 5.74. The molecule has 0 bridgehead atoms. The minimum atomic E-state index is -3.63. The van der Waals surface area contributed by atoms with Gasteiger partial charge in [-0.1, -0.05) is 6.92 Å². The van der Waals surface area contributed by atoms with Crippen LogP contribution in [-0.4, -0.2) is 53.1 Å². The van der Waals surface area contributed by atoms with Crippen LogP contribution in [0.15, 0.2) is 23.1 Å². The number of rotatable bonds is 5. The molecule has 0 spiro atoms. The van der Waals surface area contributed by atoms with Crippen LogP contribution in [0.2, 0.25) is 0 Å². The van der Waals surface area contributed by atoms with Crippen LogP contribution < -0.4 is 4.74 Å². The largest absolute Gasteiger partial charge is 0.495 e. The molecule has 1 fully saturated rings. The first-order chi connectivity index (χ1) is 12.0. The van der Waals surface area contributed by atoms with Crippen molar-refractivity contribution in [2.75, 3.05) is 20.2 Å². The molecule has 2 aromatic rings. The highest BCUT2D eigenvalue weighted by Crippen LogP contribution is 2.32. The maximum Gasteiger partial charge on any atom is 0.246 e. The van der Waals surface area contributed by atoms with E-state index in [9.17, 15) is 8.42 Å². The lowest BCUT2D eigenvalue weighted by molar-refractivity contribution is 0.287. The average Bonchev–Trinajstić information content (AvgIpc) is 3.10. The lowest BCUT2D eigenvalue weighted by Crippen LogP contribution is -2.38. The Labute approximate surface area is 147 Å². The topological polar surface area (TPSA) is 90.2 Å². The van der Waals surface area contributed by atoms with Gasteiger partial charge in [0.05, 0.1) is 7.11 Å². The molecule has 0 amide bonds. The Kier molecular flexibility index (Phi) is 5.05. The minimum Gasteiger partial charge on any atom is -0.495 e. The number of aromatic nitrogens is 4. The molecule has 25 heavy (non-hydrogen) atoms. The lowest BCUT2D eigenvalue weighted by atomic mass is 10.0. The van der Waals surface area contributed by atoms with Crippen LogP contribution in [-0.2, 0) is 16.6 Å². The SMILES string of the molecule is CCn1nnnc1-c1ccc(OC)c(S(=O)(=O)N2CCC(C)CC2)c1. The van der Waals surface area contributed by atoms with E-state index < -0.39 is 10.0 Å². The van der Waals surface area contributed by atoms with Crippen molar-refractivity contribution in [1.82, 2.24) is 24.5 Å². The van der Waals surface area contributed by atoms with E-state index in [0.717, 1.165) is 12.8 Å². The molecule has 1 saturated heterocycles. The average molecular weight is 365 g/mol. The Balaban J connectivity index is 2.03. The molecular formula is C16H23N5O3S. The summed E-state index contributed by atoms with van der Waals surface area (Å²) in [5, 5.41) is 11.6. The molecule has 1 aliphatic rings. The fraction of sp³-hybridized carbons (Fsp3) is 0.562. The summed E-state index contributed by atoms with van der Waals surface area (Å²) in [6.07, 6.45) is 1.74. The molecule has 0 aliphatic carbocycles. The molecule has 1 aliphatic heterocycles. The van der Waals surface area contributed by atoms with Gasteiger partial charge in [0.15, 0.2) is 5.82 Å². The molecule has 1 aromatic heterocycles. The minimum absolute atomic E-state index is 0.160. The third-order valence-electron chi connectivity index (χ3n) is 4.61. The summed E-state index contributed by atoms with van der Waals surface area (Å²) >= 11 is 0. The first-order valence-corrected chi connectivity index (χ1v) is 9.86. The standard InChI is InChI=1S/C16H23N5O3S/c1-4-21-16(17-18-19-21)13-5-6-14(24-3)15(11-13)25(22,23)20-9-7-12(2)8-10-20/h5-6,11-12H,4,7-10H2,1-3H3. The van der Waals surface area contributed by atoms with Crippen LogP contribution in [0.3, 0.4) is 0 Å². The summed E-state index contributed by atoms with van der Waals surface area (Å²) in [5.74, 6) is 1.42. The van der Waals surface area contributed by atoms with E-state index in [4.69, 9.17) is 4.74 Å². The van der Waals surface area contributed by atoms with E-state index in [1.807, 2.05) is 6.92 Å². The monoisotopic (exact) mass is 365 g/mol. The maximum absolute atomic E-state index is 13.1. The van der Waals surface area contributed by atoms with Crippen LogP contribution in [0.4, 0.5) is 0 Å². The normalized spacial score (nSPS) is 16.9. The second kappa shape index (κ2) is 7.09. The van der Waals surface area contributed by atoms with Crippen molar-refractivity contribution in [3.63, 3.8) is 0 Å². The van der Waals surface area contributed by atoms with Crippen molar-refractivity contribution in [3.05, 3.63) is 18.2 Å². The van der Waals surface area contributed by atoms with Gasteiger partial charge in [-0.3, -0.25) is 0 Å². The summed E-state index contributed by atoms with van der Waals surface area (Å²) < 4.78 is 34.7. The zero-order valence-electron chi connectivity index (χ0n) is 14.7. The van der Waals surface area contributed by atoms with Crippen molar-refractivity contribution < 1.29 is 13.2 Å². The number of nitrogens with zero attached hydrogens (tertiary/aromatic N) is 5. The third-order valence-corrected chi connectivity index (χ3v) is 6.53. The maximum atomic E-state index is 13.1. The van der Waals surface area contributed by atoms with Crippen molar-refractivity contribution in [3.8, 4) is 17.1 Å². The highest BCUT2D eigenvalue weighted by atomic mass is 32.2. The number of benzene rings is 1. The molecule has 9 heteroatoms. The number of hydrogen-bond donors (Lipinski definition) is 0. The summed E-state index contributed by atoms with van der Waals surface area (Å²) in [7, 11) is -2.16. The van der Waals surface area contributed by atoms with Crippen LogP contribution in [0.1, 0.15) is 26.7 Å². The zero-order valence-corrected chi connectivity index (χ0v) is 15.5. The Morgan fingerprint density at radius 1 is 1.28 bits per heavy atom. The Morgan fingerprint density at radius 2 is 2.00 bits per heavy atom. The molecule has 0 saturated carbocycles. The van der Waals surface area contributed by atoms with Gasteiger partial charge in [0.2, 0.25) is 10.0 Å². The zero-order chi connectivity index (χ0) is 18.0. The number of hydrogen-bond acceptors (Lipinski definition) is 6. The number of ether oxygens (including phenoxy) is 1. The fourth-order valence-electron chi connectivity index (χ4n) is 3.01. The van der Waals surface area contributed by atoms with Gasteiger partial charge in [0.1, 0.15) is 10.6 Å². The van der Waals surface area contributed by atoms with E-state index in [1.54, 1.807) is 22.9 Å². The smallest absolute Gasteiger partial charge is 0.246 e. The third kappa shape index (κ3) is 3.38. The van der Waals surface area contributed by atoms with Gasteiger partial charge in [-0.15, -0.1) is 5.10 Å². The predicted molar refractivity (Wildman–Crippen MR) is 92.6 cm³/mol. The van der Waals surface area contributed by atoms with Crippen molar-refractivity contribution >= 4 is 10.0 Å².